The summed E-state index contributed by atoms with van der Waals surface area (Å²) in [5.41, 5.74) is -8.29. The first-order valence-corrected chi connectivity index (χ1v) is 29.0. The highest BCUT2D eigenvalue weighted by Crippen LogP contribution is 2.34. The van der Waals surface area contributed by atoms with Gasteiger partial charge in [-0.25, -0.2) is 0 Å². The molecule has 0 aromatic heterocycles. The summed E-state index contributed by atoms with van der Waals surface area (Å²) in [6.45, 7) is 22.7. The molecule has 0 amide bonds. The summed E-state index contributed by atoms with van der Waals surface area (Å²) in [7, 11) is 0. The quantitative estimate of drug-likeness (QED) is 0.0200. The van der Waals surface area contributed by atoms with Gasteiger partial charge in [-0.3, -0.25) is 9.59 Å². The van der Waals surface area contributed by atoms with Crippen molar-refractivity contribution < 1.29 is 75.6 Å². The third-order valence-electron chi connectivity index (χ3n) is 15.9. The molecule has 12 N–H and O–H groups in total. The van der Waals surface area contributed by atoms with E-state index in [1.54, 1.807) is 27.7 Å². The number of aliphatic hydroxyl groups excluding tert-OH is 1. The van der Waals surface area contributed by atoms with Gasteiger partial charge in [0.15, 0.2) is 0 Å². The van der Waals surface area contributed by atoms with Crippen LogP contribution in [-0.4, -0.2) is 142 Å². The molecule has 0 aromatic rings. The fraction of sp³-hybridized carbons (Fsp3) is 0.902. The lowest BCUT2D eigenvalue weighted by atomic mass is 9.83. The number of hydrogen-bond acceptors (Lipinski definition) is 14. The van der Waals surface area contributed by atoms with Crippen molar-refractivity contribution >= 4 is 11.9 Å². The summed E-state index contributed by atoms with van der Waals surface area (Å²) in [5.74, 6) is -2.15. The number of carbonyl (C=O) groups is 2. The van der Waals surface area contributed by atoms with Gasteiger partial charge >= 0.3 is 11.9 Å². The van der Waals surface area contributed by atoms with Crippen molar-refractivity contribution in [2.24, 2.45) is 0 Å². The lowest BCUT2D eigenvalue weighted by Crippen LogP contribution is -2.43. The lowest BCUT2D eigenvalue weighted by molar-refractivity contribution is -0.159. The van der Waals surface area contributed by atoms with E-state index in [0.29, 0.717) is 148 Å². The van der Waals surface area contributed by atoms with E-state index in [1.165, 1.54) is 19.4 Å². The zero-order valence-electron chi connectivity index (χ0n) is 50.2. The molecule has 0 saturated heterocycles. The average Bonchev–Trinajstić information content (AvgIpc) is 3.20. The number of aliphatic carboxylic acids is 1. The molecule has 450 valence electrons. The van der Waals surface area contributed by atoms with E-state index < -0.39 is 93.5 Å². The Labute approximate surface area is 460 Å². The summed E-state index contributed by atoms with van der Waals surface area (Å²) in [5, 5.41) is 129. The van der Waals surface area contributed by atoms with Crippen molar-refractivity contribution in [3.05, 3.63) is 23.3 Å². The van der Waals surface area contributed by atoms with Crippen molar-refractivity contribution in [2.45, 2.75) is 345 Å². The Morgan fingerprint density at radius 2 is 0.671 bits per heavy atom. The van der Waals surface area contributed by atoms with Gasteiger partial charge in [-0.05, 0) is 270 Å². The third kappa shape index (κ3) is 39.4. The maximum absolute atomic E-state index is 12.1. The molecule has 0 radical (unpaired) electrons. The number of carboxylic acids is 1. The van der Waals surface area contributed by atoms with Gasteiger partial charge in [0.1, 0.15) is 12.7 Å². The predicted octanol–water partition coefficient (Wildman–Crippen LogP) is 10.1. The molecular weight excluding hydrogens is 973 g/mol. The van der Waals surface area contributed by atoms with E-state index in [9.17, 15) is 65.8 Å². The van der Waals surface area contributed by atoms with Crippen molar-refractivity contribution in [1.82, 2.24) is 0 Å². The second-order valence-electron chi connectivity index (χ2n) is 27.0. The molecule has 0 unspecified atom stereocenters. The molecule has 0 aromatic carbocycles. The molecule has 0 rings (SSSR count). The van der Waals surface area contributed by atoms with Crippen LogP contribution in [0.2, 0.25) is 0 Å². The molecule has 15 nitrogen and oxygen atoms in total. The Morgan fingerprint density at radius 3 is 0.961 bits per heavy atom. The predicted molar refractivity (Wildman–Crippen MR) is 303 cm³/mol. The highest BCUT2D eigenvalue weighted by Gasteiger charge is 2.34. The molecule has 0 bridgehead atoms. The molecule has 0 aliphatic heterocycles. The first-order chi connectivity index (χ1) is 34.4. The van der Waals surface area contributed by atoms with E-state index in [4.69, 9.17) is 9.84 Å². The monoisotopic (exact) mass is 1090 g/mol. The second-order valence-corrected chi connectivity index (χ2v) is 27.0. The molecule has 11 atom stereocenters. The van der Waals surface area contributed by atoms with E-state index in [0.717, 1.165) is 31.3 Å². The lowest BCUT2D eigenvalue weighted by Gasteiger charge is -2.31. The zero-order chi connectivity index (χ0) is 58.9. The van der Waals surface area contributed by atoms with Crippen LogP contribution in [0.25, 0.3) is 0 Å². The normalized spacial score (nSPS) is 20.9. The fourth-order valence-corrected chi connectivity index (χ4v) is 10.4. The van der Waals surface area contributed by atoms with Crippen LogP contribution < -0.4 is 0 Å². The Kier molecular flexibility index (Phi) is 32.2. The van der Waals surface area contributed by atoms with Gasteiger partial charge < -0.3 is 66.0 Å². The Morgan fingerprint density at radius 1 is 0.395 bits per heavy atom. The van der Waals surface area contributed by atoms with Gasteiger partial charge in [0, 0.05) is 0 Å². The first kappa shape index (κ1) is 74.0. The van der Waals surface area contributed by atoms with Crippen molar-refractivity contribution in [3.63, 3.8) is 0 Å². The molecular formula is C61H116O15. The van der Waals surface area contributed by atoms with Crippen LogP contribution in [0, 0.1) is 0 Å². The van der Waals surface area contributed by atoms with Crippen LogP contribution >= 0.6 is 0 Å². The number of esters is 1. The first-order valence-electron chi connectivity index (χ1n) is 29.0. The Balaban J connectivity index is 4.51. The average molecular weight is 1090 g/mol. The third-order valence-corrected chi connectivity index (χ3v) is 15.9. The van der Waals surface area contributed by atoms with Crippen molar-refractivity contribution in [3.8, 4) is 0 Å². The van der Waals surface area contributed by atoms with Crippen LogP contribution in [0.3, 0.4) is 0 Å². The minimum atomic E-state index is -1.80. The number of ether oxygens (including phenoxy) is 1. The minimum absolute atomic E-state index is 0.184. The van der Waals surface area contributed by atoms with Crippen molar-refractivity contribution in [1.29, 1.82) is 0 Å². The number of hydrogen-bond donors (Lipinski definition) is 12. The van der Waals surface area contributed by atoms with Crippen LogP contribution in [0.4, 0.5) is 0 Å². The maximum Gasteiger partial charge on any atom is 0.308 e. The number of carboxylic acid groups (broad SMARTS) is 1. The van der Waals surface area contributed by atoms with E-state index in [2.05, 4.69) is 19.9 Å². The van der Waals surface area contributed by atoms with Gasteiger partial charge in [-0.2, -0.15) is 0 Å². The summed E-state index contributed by atoms with van der Waals surface area (Å²) in [6, 6.07) is 0. The summed E-state index contributed by atoms with van der Waals surface area (Å²) >= 11 is 0. The highest BCUT2D eigenvalue weighted by atomic mass is 16.5. The smallest absolute Gasteiger partial charge is 0.308 e. The van der Waals surface area contributed by atoms with Crippen LogP contribution in [-0.2, 0) is 14.3 Å². The zero-order valence-corrected chi connectivity index (χ0v) is 50.2. The number of carbonyl (C=O) groups excluding carboxylic acids is 1. The van der Waals surface area contributed by atoms with Gasteiger partial charge in [0.2, 0.25) is 0 Å². The molecule has 0 saturated carbocycles. The molecule has 76 heavy (non-hydrogen) atoms. The van der Waals surface area contributed by atoms with Gasteiger partial charge in [-0.1, -0.05) is 23.3 Å². The molecule has 0 aliphatic rings. The fourth-order valence-electron chi connectivity index (χ4n) is 10.4. The minimum Gasteiger partial charge on any atom is -0.481 e. The summed E-state index contributed by atoms with van der Waals surface area (Å²) in [6.07, 6.45) is 17.7. The van der Waals surface area contributed by atoms with Gasteiger partial charge in [-0.15, -0.1) is 0 Å². The highest BCUT2D eigenvalue weighted by molar-refractivity contribution is 5.73. The molecule has 0 aliphatic carbocycles. The van der Waals surface area contributed by atoms with Crippen LogP contribution in [0.1, 0.15) is 283 Å². The molecule has 0 heterocycles. The SMILES string of the molecule is CC(C)=CCC[C@@](C)(O)CCC[C@@](C)(O)CCC[C@@](C)(O)CCC[C@@](C)(O)CCC[C@@](C)(O)CCC[C@@](C)(O)CCC[C@@](C)(O)CCC[C@@](C)(O)CCC/C(C)=C/CC[C@@](C)(O)[C@@H](O)COC(=O)C[C@@](C)(O)CC(=O)O. The van der Waals surface area contributed by atoms with Gasteiger partial charge in [0.05, 0.1) is 68.9 Å². The molecule has 0 spiro atoms. The largest absolute Gasteiger partial charge is 0.481 e. The maximum atomic E-state index is 12.1. The molecule has 0 fully saturated rings. The van der Waals surface area contributed by atoms with Crippen molar-refractivity contribution in [2.75, 3.05) is 6.61 Å². The molecule has 15 heteroatoms. The van der Waals surface area contributed by atoms with Crippen LogP contribution in [0.15, 0.2) is 23.3 Å². The summed E-state index contributed by atoms with van der Waals surface area (Å²) < 4.78 is 4.98. The van der Waals surface area contributed by atoms with Gasteiger partial charge in [0.25, 0.3) is 0 Å². The summed E-state index contributed by atoms with van der Waals surface area (Å²) in [4.78, 5) is 22.9. The van der Waals surface area contributed by atoms with E-state index in [-0.39, 0.29) is 6.42 Å². The second kappa shape index (κ2) is 33.0. The topological polar surface area (TPSA) is 286 Å². The Bertz CT molecular complexity index is 1700. The van der Waals surface area contributed by atoms with E-state index >= 15 is 0 Å². The van der Waals surface area contributed by atoms with E-state index in [1.807, 2.05) is 40.7 Å². The number of aliphatic hydroxyl groups is 11. The van der Waals surface area contributed by atoms with Crippen LogP contribution in [0.5, 0.6) is 0 Å². The Hall–Kier alpha value is -2.02. The number of rotatable bonds is 45. The standard InChI is InChI=1S/C61H116O15/c1-47(2)24-14-27-52(4,66)29-17-31-54(6,68)33-19-35-56(8,70)37-21-39-58(10,72)41-23-42-59(11,73)40-22-38-57(9,71)36-20-34-55(7,69)32-18-30-53(5,67)28-15-25-48(3)26-16-43-61(13,75)49(62)46-76-51(65)45-60(12,74)44-50(63)64/h24,26,49,62,66-75H,14-23,25,27-46H2,1-13H3,(H,63,64)/b48-26+/t49-,52+,53-,54+,55-,56+,57-,58+,59-,60-,61+/m0/s1. The number of allylic oxidation sites excluding steroid dienone is 4.